The van der Waals surface area contributed by atoms with Crippen molar-refractivity contribution in [2.24, 2.45) is 0 Å². The van der Waals surface area contributed by atoms with Crippen LogP contribution in [0, 0.1) is 13.8 Å². The monoisotopic (exact) mass is 538 g/mol. The fourth-order valence-corrected chi connectivity index (χ4v) is 4.40. The lowest BCUT2D eigenvalue weighted by molar-refractivity contribution is -0.122. The summed E-state index contributed by atoms with van der Waals surface area (Å²) in [6.45, 7) is 6.11. The second-order valence-electron chi connectivity index (χ2n) is 8.47. The van der Waals surface area contributed by atoms with Gasteiger partial charge in [-0.2, -0.15) is 0 Å². The summed E-state index contributed by atoms with van der Waals surface area (Å²) in [4.78, 5) is 39.4. The van der Waals surface area contributed by atoms with Crippen LogP contribution in [0.2, 0.25) is 10.0 Å². The Morgan fingerprint density at radius 1 is 0.892 bits per heavy atom. The van der Waals surface area contributed by atoms with Crippen LogP contribution in [0.3, 0.4) is 0 Å². The molecule has 3 aromatic rings. The van der Waals surface area contributed by atoms with Crippen molar-refractivity contribution in [3.05, 3.63) is 92.5 Å². The number of urea groups is 1. The number of amides is 4. The van der Waals surface area contributed by atoms with Crippen LogP contribution >= 0.6 is 23.2 Å². The number of hydrogen-bond donors (Lipinski definition) is 1. The van der Waals surface area contributed by atoms with Gasteiger partial charge in [-0.1, -0.05) is 41.4 Å². The van der Waals surface area contributed by atoms with Crippen LogP contribution in [0.25, 0.3) is 6.08 Å². The molecule has 1 heterocycles. The van der Waals surface area contributed by atoms with Crippen molar-refractivity contribution < 1.29 is 23.9 Å². The van der Waals surface area contributed by atoms with E-state index in [1.165, 1.54) is 6.08 Å². The predicted molar refractivity (Wildman–Crippen MR) is 143 cm³/mol. The molecule has 0 unspecified atom stereocenters. The van der Waals surface area contributed by atoms with Crippen molar-refractivity contribution in [2.75, 3.05) is 11.5 Å². The number of halogens is 2. The first-order chi connectivity index (χ1) is 17.7. The van der Waals surface area contributed by atoms with E-state index in [9.17, 15) is 14.4 Å². The SMILES string of the molecule is CCOc1cc(/C=C2\C(=O)NC(=O)N(c3cc(C)cc(C)c3)C2=O)ccc1OCc1ccc(Cl)cc1Cl. The standard InChI is InChI=1S/C28H24Cl2N2O5/c1-4-36-25-13-18(5-8-24(25)37-15-19-6-7-20(29)14-23(19)30)12-22-26(33)31-28(35)32(27(22)34)21-10-16(2)9-17(3)11-21/h5-14H,4,15H2,1-3H3,(H,31,33,35)/b22-12+. The van der Waals surface area contributed by atoms with E-state index in [0.717, 1.165) is 21.6 Å². The van der Waals surface area contributed by atoms with E-state index in [2.05, 4.69) is 5.32 Å². The molecule has 1 aliphatic heterocycles. The molecule has 0 radical (unpaired) electrons. The lowest BCUT2D eigenvalue weighted by Crippen LogP contribution is -2.54. The van der Waals surface area contributed by atoms with Crippen LogP contribution in [0.4, 0.5) is 10.5 Å². The molecule has 1 aliphatic rings. The van der Waals surface area contributed by atoms with Crippen molar-refractivity contribution in [1.82, 2.24) is 5.32 Å². The lowest BCUT2D eigenvalue weighted by atomic mass is 10.0. The second-order valence-corrected chi connectivity index (χ2v) is 9.31. The number of rotatable bonds is 7. The molecule has 0 aromatic heterocycles. The van der Waals surface area contributed by atoms with Gasteiger partial charge in [-0.15, -0.1) is 0 Å². The molecule has 1 N–H and O–H groups in total. The smallest absolute Gasteiger partial charge is 0.335 e. The van der Waals surface area contributed by atoms with E-state index in [4.69, 9.17) is 32.7 Å². The van der Waals surface area contributed by atoms with E-state index in [0.29, 0.717) is 39.4 Å². The van der Waals surface area contributed by atoms with Gasteiger partial charge >= 0.3 is 6.03 Å². The van der Waals surface area contributed by atoms with Gasteiger partial charge in [0.2, 0.25) is 0 Å². The highest BCUT2D eigenvalue weighted by Crippen LogP contribution is 2.32. The minimum Gasteiger partial charge on any atom is -0.490 e. The molecule has 0 spiro atoms. The van der Waals surface area contributed by atoms with Gasteiger partial charge in [0.15, 0.2) is 11.5 Å². The Bertz CT molecular complexity index is 1410. The number of anilines is 1. The molecule has 0 saturated carbocycles. The summed E-state index contributed by atoms with van der Waals surface area (Å²) in [5.74, 6) is -0.602. The summed E-state index contributed by atoms with van der Waals surface area (Å²) in [6, 6.07) is 14.7. The highest BCUT2D eigenvalue weighted by Gasteiger charge is 2.37. The summed E-state index contributed by atoms with van der Waals surface area (Å²) in [5.41, 5.74) is 3.25. The first-order valence-corrected chi connectivity index (χ1v) is 12.2. The molecule has 4 amide bonds. The van der Waals surface area contributed by atoms with E-state index in [1.54, 1.807) is 48.5 Å². The zero-order valence-electron chi connectivity index (χ0n) is 20.4. The molecule has 1 fully saturated rings. The number of barbiturate groups is 1. The number of carbonyl (C=O) groups excluding carboxylic acids is 3. The van der Waals surface area contributed by atoms with Crippen LogP contribution in [-0.2, 0) is 16.2 Å². The zero-order chi connectivity index (χ0) is 26.7. The van der Waals surface area contributed by atoms with E-state index in [-0.39, 0.29) is 12.2 Å². The molecule has 37 heavy (non-hydrogen) atoms. The number of aryl methyl sites for hydroxylation is 2. The zero-order valence-corrected chi connectivity index (χ0v) is 21.9. The fourth-order valence-electron chi connectivity index (χ4n) is 3.93. The third-order valence-electron chi connectivity index (χ3n) is 5.54. The van der Waals surface area contributed by atoms with Gasteiger partial charge < -0.3 is 9.47 Å². The topological polar surface area (TPSA) is 84.9 Å². The van der Waals surface area contributed by atoms with Crippen LogP contribution in [0.15, 0.2) is 60.2 Å². The van der Waals surface area contributed by atoms with Crippen molar-refractivity contribution in [3.63, 3.8) is 0 Å². The van der Waals surface area contributed by atoms with Crippen LogP contribution in [-0.4, -0.2) is 24.5 Å². The van der Waals surface area contributed by atoms with Crippen molar-refractivity contribution in [1.29, 1.82) is 0 Å². The first kappa shape index (κ1) is 26.3. The molecule has 1 saturated heterocycles. The predicted octanol–water partition coefficient (Wildman–Crippen LogP) is 6.25. The summed E-state index contributed by atoms with van der Waals surface area (Å²) < 4.78 is 11.7. The molecule has 190 valence electrons. The number of imide groups is 2. The molecule has 9 heteroatoms. The quantitative estimate of drug-likeness (QED) is 0.283. The van der Waals surface area contributed by atoms with Crippen LogP contribution in [0.1, 0.15) is 29.2 Å². The highest BCUT2D eigenvalue weighted by molar-refractivity contribution is 6.39. The molecule has 3 aromatic carbocycles. The van der Waals surface area contributed by atoms with E-state index in [1.807, 2.05) is 26.8 Å². The van der Waals surface area contributed by atoms with E-state index < -0.39 is 17.8 Å². The van der Waals surface area contributed by atoms with Crippen molar-refractivity contribution in [2.45, 2.75) is 27.4 Å². The summed E-state index contributed by atoms with van der Waals surface area (Å²) >= 11 is 12.2. The summed E-state index contributed by atoms with van der Waals surface area (Å²) in [6.07, 6.45) is 1.42. The maximum absolute atomic E-state index is 13.3. The second kappa shape index (κ2) is 11.1. The average molecular weight is 539 g/mol. The Kier molecular flexibility index (Phi) is 7.86. The number of benzene rings is 3. The molecule has 7 nitrogen and oxygen atoms in total. The van der Waals surface area contributed by atoms with Gasteiger partial charge in [-0.3, -0.25) is 14.9 Å². The molecule has 0 atom stereocenters. The number of carbonyl (C=O) groups is 3. The fraction of sp³-hybridized carbons (Fsp3) is 0.179. The number of ether oxygens (including phenoxy) is 2. The maximum Gasteiger partial charge on any atom is 0.335 e. The molecule has 0 bridgehead atoms. The number of nitrogens with zero attached hydrogens (tertiary/aromatic N) is 1. The molecular formula is C28H24Cl2N2O5. The van der Waals surface area contributed by atoms with Gasteiger partial charge in [0.1, 0.15) is 12.2 Å². The minimum atomic E-state index is -0.795. The Balaban J connectivity index is 1.63. The Hall–Kier alpha value is -3.81. The van der Waals surface area contributed by atoms with Crippen LogP contribution in [0.5, 0.6) is 11.5 Å². The van der Waals surface area contributed by atoms with Gasteiger partial charge in [0.25, 0.3) is 11.8 Å². The normalized spacial score (nSPS) is 14.7. The number of nitrogens with one attached hydrogen (secondary N) is 1. The molecular weight excluding hydrogens is 515 g/mol. The van der Waals surface area contributed by atoms with Crippen molar-refractivity contribution in [3.8, 4) is 11.5 Å². The van der Waals surface area contributed by atoms with Crippen LogP contribution < -0.4 is 19.7 Å². The first-order valence-electron chi connectivity index (χ1n) is 11.5. The maximum atomic E-state index is 13.3. The third kappa shape index (κ3) is 5.96. The Morgan fingerprint density at radius 2 is 1.62 bits per heavy atom. The molecule has 4 rings (SSSR count). The summed E-state index contributed by atoms with van der Waals surface area (Å²) in [5, 5.41) is 3.26. The Morgan fingerprint density at radius 3 is 2.30 bits per heavy atom. The third-order valence-corrected chi connectivity index (χ3v) is 6.13. The average Bonchev–Trinajstić information content (AvgIpc) is 2.81. The summed E-state index contributed by atoms with van der Waals surface area (Å²) in [7, 11) is 0. The van der Waals surface area contributed by atoms with Crippen molar-refractivity contribution >= 4 is 52.8 Å². The van der Waals surface area contributed by atoms with Gasteiger partial charge in [-0.05, 0) is 79.9 Å². The van der Waals surface area contributed by atoms with Gasteiger partial charge in [-0.25, -0.2) is 9.69 Å². The molecule has 0 aliphatic carbocycles. The minimum absolute atomic E-state index is 0.178. The highest BCUT2D eigenvalue weighted by atomic mass is 35.5. The van der Waals surface area contributed by atoms with E-state index >= 15 is 0 Å². The van der Waals surface area contributed by atoms with Gasteiger partial charge in [0.05, 0.1) is 12.3 Å². The Labute approximate surface area is 224 Å². The van der Waals surface area contributed by atoms with Gasteiger partial charge in [0, 0.05) is 15.6 Å². The number of hydrogen-bond acceptors (Lipinski definition) is 5. The lowest BCUT2D eigenvalue weighted by Gasteiger charge is -2.27. The largest absolute Gasteiger partial charge is 0.490 e.